The van der Waals surface area contributed by atoms with Gasteiger partial charge in [-0.2, -0.15) is 25.3 Å². The van der Waals surface area contributed by atoms with E-state index in [0.29, 0.717) is 0 Å². The first-order chi connectivity index (χ1) is 3.95. The Labute approximate surface area is 70.8 Å². The summed E-state index contributed by atoms with van der Waals surface area (Å²) in [7, 11) is 0. The van der Waals surface area contributed by atoms with Gasteiger partial charge in [0.1, 0.15) is 0 Å². The van der Waals surface area contributed by atoms with Crippen molar-refractivity contribution < 1.29 is 8.98 Å². The summed E-state index contributed by atoms with van der Waals surface area (Å²) >= 11 is 11.3. The van der Waals surface area contributed by atoms with Crippen LogP contribution in [-0.4, -0.2) is 10.0 Å². The van der Waals surface area contributed by atoms with Crippen molar-refractivity contribution in [2.24, 2.45) is 0 Å². The lowest BCUT2D eigenvalue weighted by Gasteiger charge is -2.12. The Morgan fingerprint density at radius 1 is 1.67 bits per heavy atom. The van der Waals surface area contributed by atoms with Crippen molar-refractivity contribution in [3.63, 3.8) is 0 Å². The molecule has 54 valence electrons. The molecule has 0 aliphatic heterocycles. The highest BCUT2D eigenvalue weighted by Crippen LogP contribution is 2.23. The van der Waals surface area contributed by atoms with Gasteiger partial charge in [0.05, 0.1) is 10.5 Å². The summed E-state index contributed by atoms with van der Waals surface area (Å²) in [5.74, 6) is -0.425. The van der Waals surface area contributed by atoms with E-state index in [1.54, 1.807) is 6.92 Å². The molecule has 0 aromatic heterocycles. The highest BCUT2D eigenvalue weighted by atomic mass is 32.2. The summed E-state index contributed by atoms with van der Waals surface area (Å²) in [5.41, 5.74) is 0. The summed E-state index contributed by atoms with van der Waals surface area (Å²) < 4.78 is 3.47. The predicted molar refractivity (Wildman–Crippen MR) is 46.1 cm³/mol. The van der Waals surface area contributed by atoms with E-state index in [9.17, 15) is 4.79 Å². The Bertz CT molecular complexity index is 107. The first kappa shape index (κ1) is 9.52. The fourth-order valence-electron chi connectivity index (χ4n) is 0.306. The van der Waals surface area contributed by atoms with Gasteiger partial charge in [-0.3, -0.25) is 4.79 Å². The Kier molecular flexibility index (Phi) is 3.84. The molecule has 0 atom stereocenters. The lowest BCUT2D eigenvalue weighted by molar-refractivity contribution is -0.132. The Morgan fingerprint density at radius 3 is 2.22 bits per heavy atom. The minimum atomic E-state index is -0.611. The number of rotatable bonds is 2. The maximum atomic E-state index is 10.4. The van der Waals surface area contributed by atoms with E-state index in [4.69, 9.17) is 0 Å². The fraction of sp³-hybridized carbons (Fsp3) is 0.750. The number of hydrogen-bond donors (Lipinski definition) is 3. The van der Waals surface area contributed by atoms with Crippen LogP contribution in [0.5, 0.6) is 0 Å². The standard InChI is InChI=1S/C4H8O2S3/c1-4(7,8)2-3(5)6-9/h7-9H,2H2,1H3. The third-order valence-electron chi connectivity index (χ3n) is 0.581. The van der Waals surface area contributed by atoms with Crippen molar-refractivity contribution in [1.29, 1.82) is 0 Å². The van der Waals surface area contributed by atoms with Crippen LogP contribution in [0, 0.1) is 0 Å². The lowest BCUT2D eigenvalue weighted by atomic mass is 10.3. The molecule has 0 aliphatic carbocycles. The molecule has 5 heteroatoms. The predicted octanol–water partition coefficient (Wildman–Crippen LogP) is 1.34. The van der Waals surface area contributed by atoms with Crippen molar-refractivity contribution >= 4 is 44.1 Å². The highest BCUT2D eigenvalue weighted by molar-refractivity contribution is 8.00. The number of hydrogen-bond acceptors (Lipinski definition) is 5. The van der Waals surface area contributed by atoms with Gasteiger partial charge in [0.2, 0.25) is 0 Å². The molecule has 0 radical (unpaired) electrons. The van der Waals surface area contributed by atoms with E-state index in [1.807, 2.05) is 0 Å². The molecule has 0 bridgehead atoms. The monoisotopic (exact) mass is 184 g/mol. The van der Waals surface area contributed by atoms with Gasteiger partial charge in [0.15, 0.2) is 0 Å². The first-order valence-corrected chi connectivity index (χ1v) is 3.50. The number of thiol groups is 3. The van der Waals surface area contributed by atoms with E-state index in [1.165, 1.54) is 0 Å². The van der Waals surface area contributed by atoms with Crippen LogP contribution in [0.4, 0.5) is 0 Å². The minimum absolute atomic E-state index is 0.142. The summed E-state index contributed by atoms with van der Waals surface area (Å²) in [5, 5.41) is 0. The summed E-state index contributed by atoms with van der Waals surface area (Å²) in [4.78, 5) is 10.4. The van der Waals surface area contributed by atoms with Crippen LogP contribution in [0.2, 0.25) is 0 Å². The SMILES string of the molecule is CC(S)(S)CC(=O)OS. The fourth-order valence-corrected chi connectivity index (χ4v) is 0.628. The normalized spacial score (nSPS) is 11.1. The van der Waals surface area contributed by atoms with E-state index < -0.39 is 10.0 Å². The molecule has 0 saturated heterocycles. The summed E-state index contributed by atoms with van der Waals surface area (Å²) in [6.45, 7) is 1.70. The van der Waals surface area contributed by atoms with E-state index in [2.05, 4.69) is 42.4 Å². The second-order valence-electron chi connectivity index (χ2n) is 1.86. The topological polar surface area (TPSA) is 26.3 Å². The number of carbonyl (C=O) groups excluding carboxylic acids is 1. The quantitative estimate of drug-likeness (QED) is 0.343. The van der Waals surface area contributed by atoms with Gasteiger partial charge >= 0.3 is 5.97 Å². The van der Waals surface area contributed by atoms with Gasteiger partial charge in [-0.25, -0.2) is 0 Å². The molecule has 0 saturated carbocycles. The third kappa shape index (κ3) is 6.40. The molecule has 0 unspecified atom stereocenters. The molecule has 0 rings (SSSR count). The van der Waals surface area contributed by atoms with E-state index >= 15 is 0 Å². The molecule has 0 fully saturated rings. The molecular weight excluding hydrogens is 176 g/mol. The highest BCUT2D eigenvalue weighted by Gasteiger charge is 2.18. The molecule has 0 aromatic carbocycles. The summed E-state index contributed by atoms with van der Waals surface area (Å²) in [6.07, 6.45) is 0.142. The molecule has 0 aromatic rings. The van der Waals surface area contributed by atoms with Crippen LogP contribution in [0.15, 0.2) is 0 Å². The Balaban J connectivity index is 3.60. The van der Waals surface area contributed by atoms with Crippen LogP contribution in [0.3, 0.4) is 0 Å². The van der Waals surface area contributed by atoms with Gasteiger partial charge in [-0.15, -0.1) is 0 Å². The zero-order chi connectivity index (χ0) is 7.49. The largest absolute Gasteiger partial charge is 0.395 e. The van der Waals surface area contributed by atoms with Crippen LogP contribution in [0.1, 0.15) is 13.3 Å². The van der Waals surface area contributed by atoms with Gasteiger partial charge < -0.3 is 4.18 Å². The Morgan fingerprint density at radius 2 is 2.11 bits per heavy atom. The van der Waals surface area contributed by atoms with Crippen LogP contribution in [0.25, 0.3) is 0 Å². The maximum absolute atomic E-state index is 10.4. The van der Waals surface area contributed by atoms with Gasteiger partial charge in [0.25, 0.3) is 0 Å². The average molecular weight is 184 g/mol. The molecule has 9 heavy (non-hydrogen) atoms. The van der Waals surface area contributed by atoms with Gasteiger partial charge in [0, 0.05) is 12.9 Å². The molecule has 0 spiro atoms. The van der Waals surface area contributed by atoms with Crippen LogP contribution >= 0.6 is 38.2 Å². The van der Waals surface area contributed by atoms with Crippen LogP contribution < -0.4 is 0 Å². The van der Waals surface area contributed by atoms with E-state index in [0.717, 1.165) is 0 Å². The smallest absolute Gasteiger partial charge is 0.319 e. The molecule has 0 amide bonds. The lowest BCUT2D eigenvalue weighted by Crippen LogP contribution is -2.13. The average Bonchev–Trinajstić information content (AvgIpc) is 1.62. The molecular formula is C4H8O2S3. The molecule has 0 heterocycles. The van der Waals surface area contributed by atoms with Gasteiger partial charge in [-0.05, 0) is 6.92 Å². The van der Waals surface area contributed by atoms with Crippen molar-refractivity contribution in [3.8, 4) is 0 Å². The van der Waals surface area contributed by atoms with Gasteiger partial charge in [-0.1, -0.05) is 0 Å². The molecule has 2 nitrogen and oxygen atoms in total. The second kappa shape index (κ2) is 3.63. The first-order valence-electron chi connectivity index (χ1n) is 2.25. The zero-order valence-electron chi connectivity index (χ0n) is 4.87. The molecule has 0 N–H and O–H groups in total. The van der Waals surface area contributed by atoms with Crippen molar-refractivity contribution in [1.82, 2.24) is 0 Å². The van der Waals surface area contributed by atoms with Crippen molar-refractivity contribution in [2.45, 2.75) is 17.4 Å². The second-order valence-corrected chi connectivity index (χ2v) is 4.37. The maximum Gasteiger partial charge on any atom is 0.319 e. The van der Waals surface area contributed by atoms with Crippen molar-refractivity contribution in [3.05, 3.63) is 0 Å². The van der Waals surface area contributed by atoms with Crippen LogP contribution in [-0.2, 0) is 8.98 Å². The van der Waals surface area contributed by atoms with E-state index in [-0.39, 0.29) is 6.42 Å². The van der Waals surface area contributed by atoms with Crippen molar-refractivity contribution in [2.75, 3.05) is 0 Å². The summed E-state index contributed by atoms with van der Waals surface area (Å²) in [6, 6.07) is 0. The number of carbonyl (C=O) groups is 1. The Hall–Kier alpha value is 0.520. The zero-order valence-corrected chi connectivity index (χ0v) is 7.55. The molecule has 0 aliphatic rings. The third-order valence-corrected chi connectivity index (χ3v) is 1.10. The minimum Gasteiger partial charge on any atom is -0.395 e.